The Balaban J connectivity index is 2.13. The molecule has 0 aliphatic heterocycles. The van der Waals surface area contributed by atoms with E-state index in [2.05, 4.69) is 5.32 Å². The summed E-state index contributed by atoms with van der Waals surface area (Å²) in [6, 6.07) is 5.84. The zero-order valence-electron chi connectivity index (χ0n) is 11.7. The van der Waals surface area contributed by atoms with Crippen molar-refractivity contribution in [2.75, 3.05) is 5.73 Å². The number of hydrogen-bond acceptors (Lipinski definition) is 5. The Morgan fingerprint density at radius 1 is 1.38 bits per heavy atom. The number of nitro groups is 1. The highest BCUT2D eigenvalue weighted by Crippen LogP contribution is 2.22. The molecule has 1 aromatic heterocycles. The topological polar surface area (TPSA) is 98.3 Å². The van der Waals surface area contributed by atoms with Gasteiger partial charge in [-0.1, -0.05) is 0 Å². The molecule has 0 spiro atoms. The first-order valence-electron chi connectivity index (χ1n) is 6.26. The van der Waals surface area contributed by atoms with Crippen molar-refractivity contribution in [1.82, 2.24) is 5.32 Å². The highest BCUT2D eigenvalue weighted by atomic mass is 32.1. The van der Waals surface area contributed by atoms with E-state index in [0.717, 1.165) is 4.88 Å². The SMILES string of the molecule is Cc1cc(CNC(=O)c2cc([N+](=O)[O-])ccc2N)sc1C. The van der Waals surface area contributed by atoms with E-state index in [1.165, 1.54) is 28.6 Å². The van der Waals surface area contributed by atoms with Crippen molar-refractivity contribution in [3.8, 4) is 0 Å². The molecule has 0 aliphatic carbocycles. The van der Waals surface area contributed by atoms with E-state index in [1.807, 2.05) is 19.9 Å². The maximum atomic E-state index is 12.1. The largest absolute Gasteiger partial charge is 0.398 e. The lowest BCUT2D eigenvalue weighted by Crippen LogP contribution is -2.23. The molecule has 3 N–H and O–H groups in total. The van der Waals surface area contributed by atoms with E-state index < -0.39 is 10.8 Å². The second kappa shape index (κ2) is 5.92. The zero-order valence-corrected chi connectivity index (χ0v) is 12.5. The Bertz CT molecular complexity index is 690. The first kappa shape index (κ1) is 15.0. The van der Waals surface area contributed by atoms with Gasteiger partial charge in [0, 0.05) is 27.6 Å². The van der Waals surface area contributed by atoms with Gasteiger partial charge >= 0.3 is 0 Å². The van der Waals surface area contributed by atoms with Crippen LogP contribution >= 0.6 is 11.3 Å². The maximum absolute atomic E-state index is 12.1. The minimum Gasteiger partial charge on any atom is -0.398 e. The molecule has 7 heteroatoms. The van der Waals surface area contributed by atoms with Gasteiger partial charge in [-0.05, 0) is 31.5 Å². The van der Waals surface area contributed by atoms with E-state index >= 15 is 0 Å². The molecule has 0 atom stereocenters. The average molecular weight is 305 g/mol. The highest BCUT2D eigenvalue weighted by Gasteiger charge is 2.15. The van der Waals surface area contributed by atoms with Crippen LogP contribution in [0.25, 0.3) is 0 Å². The van der Waals surface area contributed by atoms with Gasteiger partial charge in [-0.25, -0.2) is 0 Å². The summed E-state index contributed by atoms with van der Waals surface area (Å²) in [5.74, 6) is -0.417. The van der Waals surface area contributed by atoms with Crippen LogP contribution < -0.4 is 11.1 Å². The van der Waals surface area contributed by atoms with Crippen LogP contribution in [0.4, 0.5) is 11.4 Å². The molecule has 0 bridgehead atoms. The van der Waals surface area contributed by atoms with E-state index in [4.69, 9.17) is 5.73 Å². The van der Waals surface area contributed by atoms with Crippen molar-refractivity contribution >= 4 is 28.6 Å². The maximum Gasteiger partial charge on any atom is 0.270 e. The van der Waals surface area contributed by atoms with E-state index in [9.17, 15) is 14.9 Å². The molecule has 1 aromatic carbocycles. The van der Waals surface area contributed by atoms with Gasteiger partial charge in [0.15, 0.2) is 0 Å². The minimum absolute atomic E-state index is 0.120. The number of nitrogens with zero attached hydrogens (tertiary/aromatic N) is 1. The third kappa shape index (κ3) is 3.38. The fourth-order valence-electron chi connectivity index (χ4n) is 1.85. The first-order valence-corrected chi connectivity index (χ1v) is 7.08. The summed E-state index contributed by atoms with van der Waals surface area (Å²) < 4.78 is 0. The number of amides is 1. The number of anilines is 1. The summed E-state index contributed by atoms with van der Waals surface area (Å²) in [7, 11) is 0. The van der Waals surface area contributed by atoms with Crippen molar-refractivity contribution < 1.29 is 9.72 Å². The molecule has 21 heavy (non-hydrogen) atoms. The summed E-state index contributed by atoms with van der Waals surface area (Å²) in [5.41, 5.74) is 7.07. The lowest BCUT2D eigenvalue weighted by atomic mass is 10.1. The van der Waals surface area contributed by atoms with E-state index in [-0.39, 0.29) is 16.9 Å². The fourth-order valence-corrected chi connectivity index (χ4v) is 2.85. The summed E-state index contributed by atoms with van der Waals surface area (Å²) in [6.45, 7) is 4.40. The van der Waals surface area contributed by atoms with Gasteiger partial charge in [-0.2, -0.15) is 0 Å². The van der Waals surface area contributed by atoms with Gasteiger partial charge < -0.3 is 11.1 Å². The number of non-ortho nitro benzene ring substituents is 1. The second-order valence-corrected chi connectivity index (χ2v) is 6.00. The van der Waals surface area contributed by atoms with Gasteiger partial charge in [0.25, 0.3) is 11.6 Å². The number of aryl methyl sites for hydroxylation is 2. The van der Waals surface area contributed by atoms with Gasteiger partial charge in [0.1, 0.15) is 0 Å². The number of rotatable bonds is 4. The van der Waals surface area contributed by atoms with Crippen molar-refractivity contribution in [1.29, 1.82) is 0 Å². The van der Waals surface area contributed by atoms with E-state index in [0.29, 0.717) is 6.54 Å². The fraction of sp³-hybridized carbons (Fsp3) is 0.214. The molecule has 2 aromatic rings. The molecular formula is C14H15N3O3S. The molecule has 0 fully saturated rings. The summed E-state index contributed by atoms with van der Waals surface area (Å²) >= 11 is 1.61. The molecule has 6 nitrogen and oxygen atoms in total. The number of carbonyl (C=O) groups excluding carboxylic acids is 1. The number of hydrogen-bond donors (Lipinski definition) is 2. The molecule has 0 aliphatic rings. The van der Waals surface area contributed by atoms with Crippen molar-refractivity contribution in [2.24, 2.45) is 0 Å². The number of nitrogen functional groups attached to an aromatic ring is 1. The van der Waals surface area contributed by atoms with Crippen LogP contribution in [0.3, 0.4) is 0 Å². The van der Waals surface area contributed by atoms with Crippen LogP contribution in [0.5, 0.6) is 0 Å². The molecular weight excluding hydrogens is 290 g/mol. The second-order valence-electron chi connectivity index (χ2n) is 4.66. The standard InChI is InChI=1S/C14H15N3O3S/c1-8-5-11(21-9(8)2)7-16-14(18)12-6-10(17(19)20)3-4-13(12)15/h3-6H,7,15H2,1-2H3,(H,16,18). The first-order chi connectivity index (χ1) is 9.88. The molecule has 2 rings (SSSR count). The Hall–Kier alpha value is -2.41. The molecule has 0 unspecified atom stereocenters. The number of nitro benzene ring substituents is 1. The summed E-state index contributed by atoms with van der Waals surface area (Å²) in [6.07, 6.45) is 0. The Morgan fingerprint density at radius 3 is 2.67 bits per heavy atom. The van der Waals surface area contributed by atoms with Crippen molar-refractivity contribution in [2.45, 2.75) is 20.4 Å². The summed E-state index contributed by atoms with van der Waals surface area (Å²) in [4.78, 5) is 24.5. The Kier molecular flexibility index (Phi) is 4.23. The van der Waals surface area contributed by atoms with Gasteiger partial charge in [0.05, 0.1) is 17.0 Å². The van der Waals surface area contributed by atoms with Gasteiger partial charge in [-0.15, -0.1) is 11.3 Å². The third-order valence-electron chi connectivity index (χ3n) is 3.13. The Morgan fingerprint density at radius 2 is 2.10 bits per heavy atom. The molecule has 0 saturated heterocycles. The van der Waals surface area contributed by atoms with E-state index in [1.54, 1.807) is 11.3 Å². The van der Waals surface area contributed by atoms with Gasteiger partial charge in [-0.3, -0.25) is 14.9 Å². The lowest BCUT2D eigenvalue weighted by molar-refractivity contribution is -0.384. The van der Waals surface area contributed by atoms with Crippen LogP contribution in [-0.2, 0) is 6.54 Å². The van der Waals surface area contributed by atoms with Crippen molar-refractivity contribution in [3.63, 3.8) is 0 Å². The number of benzene rings is 1. The third-order valence-corrected chi connectivity index (χ3v) is 4.29. The molecule has 0 saturated carbocycles. The predicted molar refractivity (Wildman–Crippen MR) is 82.5 cm³/mol. The monoisotopic (exact) mass is 305 g/mol. The molecule has 110 valence electrons. The van der Waals surface area contributed by atoms with Crippen LogP contribution in [-0.4, -0.2) is 10.8 Å². The van der Waals surface area contributed by atoms with Crippen LogP contribution in [0.2, 0.25) is 0 Å². The Labute approximate surface area is 125 Å². The number of nitrogens with two attached hydrogens (primary N) is 1. The molecule has 1 heterocycles. The highest BCUT2D eigenvalue weighted by molar-refractivity contribution is 7.12. The number of thiophene rings is 1. The number of carbonyl (C=O) groups is 1. The minimum atomic E-state index is -0.553. The van der Waals surface area contributed by atoms with Crippen LogP contribution in [0, 0.1) is 24.0 Å². The quantitative estimate of drug-likeness (QED) is 0.515. The normalized spacial score (nSPS) is 10.4. The van der Waals surface area contributed by atoms with Crippen LogP contribution in [0.15, 0.2) is 24.3 Å². The molecule has 1 amide bonds. The van der Waals surface area contributed by atoms with Gasteiger partial charge in [0.2, 0.25) is 0 Å². The van der Waals surface area contributed by atoms with Crippen LogP contribution in [0.1, 0.15) is 25.7 Å². The average Bonchev–Trinajstić information content (AvgIpc) is 2.75. The zero-order chi connectivity index (χ0) is 15.6. The molecule has 0 radical (unpaired) electrons. The lowest BCUT2D eigenvalue weighted by Gasteiger charge is -2.06. The smallest absolute Gasteiger partial charge is 0.270 e. The number of nitrogens with one attached hydrogen (secondary N) is 1. The predicted octanol–water partition coefficient (Wildman–Crippen LogP) is 2.79. The summed E-state index contributed by atoms with van der Waals surface area (Å²) in [5, 5.41) is 13.5. The van der Waals surface area contributed by atoms with Crippen molar-refractivity contribution in [3.05, 3.63) is 55.3 Å².